The average molecular weight is 501 g/mol. The third-order valence-electron chi connectivity index (χ3n) is 8.84. The minimum atomic E-state index is -0.989. The summed E-state index contributed by atoms with van der Waals surface area (Å²) in [5.41, 5.74) is 1.50. The van der Waals surface area contributed by atoms with Gasteiger partial charge >= 0.3 is 0 Å². The SMILES string of the molecule is O=C(NCc1cc(Cl)ccc1Cl)[C@@H]1C[C@]23CCN(CC4CC4)[C@H](Cc4ccc(O)cc42)[C@]3(O)C1. The van der Waals surface area contributed by atoms with Crippen LogP contribution < -0.4 is 5.32 Å². The van der Waals surface area contributed by atoms with Crippen LogP contribution in [0.5, 0.6) is 5.75 Å². The van der Waals surface area contributed by atoms with E-state index in [9.17, 15) is 15.0 Å². The van der Waals surface area contributed by atoms with E-state index in [1.54, 1.807) is 24.3 Å². The Morgan fingerprint density at radius 3 is 2.76 bits per heavy atom. The van der Waals surface area contributed by atoms with Crippen molar-refractivity contribution < 1.29 is 15.0 Å². The van der Waals surface area contributed by atoms with Crippen molar-refractivity contribution in [3.05, 3.63) is 63.1 Å². The maximum Gasteiger partial charge on any atom is 0.223 e. The van der Waals surface area contributed by atoms with Gasteiger partial charge in [-0.25, -0.2) is 0 Å². The molecule has 2 aromatic rings. The van der Waals surface area contributed by atoms with E-state index in [1.807, 2.05) is 12.1 Å². The maximum atomic E-state index is 13.4. The first-order valence-electron chi connectivity index (χ1n) is 12.3. The van der Waals surface area contributed by atoms with Crippen molar-refractivity contribution in [3.8, 4) is 5.75 Å². The Morgan fingerprint density at radius 1 is 1.15 bits per heavy atom. The molecule has 2 bridgehead atoms. The summed E-state index contributed by atoms with van der Waals surface area (Å²) in [7, 11) is 0. The minimum absolute atomic E-state index is 0.000864. The van der Waals surface area contributed by atoms with Crippen molar-refractivity contribution in [2.45, 2.75) is 62.1 Å². The van der Waals surface area contributed by atoms with Gasteiger partial charge in [0.1, 0.15) is 5.75 Å². The van der Waals surface area contributed by atoms with Gasteiger partial charge in [0.05, 0.1) is 5.60 Å². The number of piperidine rings is 1. The number of phenolic OH excluding ortho intramolecular Hbond substituents is 1. The summed E-state index contributed by atoms with van der Waals surface area (Å²) in [6.45, 7) is 2.25. The molecule has 2 saturated carbocycles. The van der Waals surface area contributed by atoms with E-state index >= 15 is 0 Å². The number of fused-ring (bicyclic) bond motifs is 1. The van der Waals surface area contributed by atoms with Crippen LogP contribution in [0.4, 0.5) is 0 Å². The fourth-order valence-electron chi connectivity index (χ4n) is 7.02. The average Bonchev–Trinajstić information content (AvgIpc) is 3.55. The van der Waals surface area contributed by atoms with Crippen molar-refractivity contribution in [2.24, 2.45) is 11.8 Å². The molecule has 2 aromatic carbocycles. The second-order valence-corrected chi connectivity index (χ2v) is 11.7. The number of aliphatic hydroxyl groups is 1. The van der Waals surface area contributed by atoms with Crippen molar-refractivity contribution in [3.63, 3.8) is 0 Å². The van der Waals surface area contributed by atoms with Crippen LogP contribution in [-0.4, -0.2) is 45.8 Å². The molecule has 1 saturated heterocycles. The highest BCUT2D eigenvalue weighted by molar-refractivity contribution is 6.33. The van der Waals surface area contributed by atoms with Gasteiger partial charge < -0.3 is 15.5 Å². The standard InChI is InChI=1S/C27H30Cl2N2O3/c28-20-4-6-23(29)18(9-20)14-30-25(33)19-12-26-7-8-31(15-16-1-2-16)24(27(26,34)13-19)10-17-3-5-21(32)11-22(17)26/h3-6,9,11,16,19,24,32,34H,1-2,7-8,10,12-15H2,(H,30,33)/t19-,24-,26-,27-/m1/s1. The summed E-state index contributed by atoms with van der Waals surface area (Å²) in [5.74, 6) is 0.590. The molecule has 4 aliphatic rings. The largest absolute Gasteiger partial charge is 0.508 e. The first-order valence-corrected chi connectivity index (χ1v) is 13.1. The van der Waals surface area contributed by atoms with Crippen LogP contribution >= 0.6 is 23.2 Å². The van der Waals surface area contributed by atoms with Gasteiger partial charge in [0.25, 0.3) is 0 Å². The number of benzene rings is 2. The number of rotatable bonds is 5. The molecule has 3 fully saturated rings. The zero-order chi connectivity index (χ0) is 23.7. The zero-order valence-corrected chi connectivity index (χ0v) is 20.6. The van der Waals surface area contributed by atoms with E-state index in [2.05, 4.69) is 10.2 Å². The van der Waals surface area contributed by atoms with Crippen LogP contribution in [-0.2, 0) is 23.2 Å². The summed E-state index contributed by atoms with van der Waals surface area (Å²) < 4.78 is 0. The van der Waals surface area contributed by atoms with Crippen LogP contribution in [0, 0.1) is 11.8 Å². The first-order chi connectivity index (χ1) is 16.3. The number of hydrogen-bond donors (Lipinski definition) is 3. The Balaban J connectivity index is 1.30. The Bertz CT molecular complexity index is 1150. The highest BCUT2D eigenvalue weighted by Crippen LogP contribution is 2.62. The minimum Gasteiger partial charge on any atom is -0.508 e. The molecule has 5 nitrogen and oxygen atoms in total. The van der Waals surface area contributed by atoms with Gasteiger partial charge in [0.2, 0.25) is 5.91 Å². The summed E-state index contributed by atoms with van der Waals surface area (Å²) in [6.07, 6.45) is 5.12. The topological polar surface area (TPSA) is 72.8 Å². The second-order valence-electron chi connectivity index (χ2n) is 10.8. The van der Waals surface area contributed by atoms with Gasteiger partial charge in [-0.1, -0.05) is 29.3 Å². The Hall–Kier alpha value is -1.79. The van der Waals surface area contributed by atoms with E-state index in [0.717, 1.165) is 43.0 Å². The molecule has 6 rings (SSSR count). The number of halogens is 2. The van der Waals surface area contributed by atoms with E-state index in [-0.39, 0.29) is 23.6 Å². The lowest BCUT2D eigenvalue weighted by Gasteiger charge is -2.59. The molecule has 1 aliphatic heterocycles. The fraction of sp³-hybridized carbons (Fsp3) is 0.519. The number of likely N-dealkylation sites (tertiary alicyclic amines) is 1. The van der Waals surface area contributed by atoms with Crippen LogP contribution in [0.25, 0.3) is 0 Å². The molecule has 3 N–H and O–H groups in total. The summed E-state index contributed by atoms with van der Waals surface area (Å²) in [5, 5.41) is 26.9. The molecule has 34 heavy (non-hydrogen) atoms. The first kappa shape index (κ1) is 22.7. The number of nitrogens with zero attached hydrogens (tertiary/aromatic N) is 1. The lowest BCUT2D eigenvalue weighted by atomic mass is 9.56. The van der Waals surface area contributed by atoms with Gasteiger partial charge in [-0.15, -0.1) is 0 Å². The third kappa shape index (κ3) is 3.55. The van der Waals surface area contributed by atoms with Gasteiger partial charge in [0, 0.05) is 40.5 Å². The van der Waals surface area contributed by atoms with E-state index < -0.39 is 11.0 Å². The van der Waals surface area contributed by atoms with Crippen LogP contribution in [0.2, 0.25) is 10.0 Å². The summed E-state index contributed by atoms with van der Waals surface area (Å²) >= 11 is 12.4. The molecule has 4 atom stereocenters. The normalized spacial score (nSPS) is 32.2. The lowest BCUT2D eigenvalue weighted by Crippen LogP contribution is -2.69. The highest BCUT2D eigenvalue weighted by Gasteiger charge is 2.68. The highest BCUT2D eigenvalue weighted by atomic mass is 35.5. The Kier molecular flexibility index (Phi) is 5.41. The van der Waals surface area contributed by atoms with Crippen molar-refractivity contribution in [1.29, 1.82) is 0 Å². The van der Waals surface area contributed by atoms with Gasteiger partial charge in [-0.3, -0.25) is 9.69 Å². The number of aromatic hydroxyl groups is 1. The van der Waals surface area contributed by atoms with Crippen LogP contribution in [0.1, 0.15) is 48.8 Å². The van der Waals surface area contributed by atoms with E-state index in [0.29, 0.717) is 29.4 Å². The monoisotopic (exact) mass is 500 g/mol. The maximum absolute atomic E-state index is 13.4. The molecule has 1 heterocycles. The molecular formula is C27H30Cl2N2O3. The predicted molar refractivity (Wildman–Crippen MR) is 132 cm³/mol. The Morgan fingerprint density at radius 2 is 1.97 bits per heavy atom. The number of phenols is 1. The number of carbonyl (C=O) groups is 1. The predicted octanol–water partition coefficient (Wildman–Crippen LogP) is 4.43. The summed E-state index contributed by atoms with van der Waals surface area (Å²) in [6, 6.07) is 10.8. The third-order valence-corrected chi connectivity index (χ3v) is 9.45. The van der Waals surface area contributed by atoms with Crippen molar-refractivity contribution in [2.75, 3.05) is 13.1 Å². The van der Waals surface area contributed by atoms with Gasteiger partial charge in [0.15, 0.2) is 0 Å². The molecule has 7 heteroatoms. The van der Waals surface area contributed by atoms with Crippen molar-refractivity contribution in [1.82, 2.24) is 10.2 Å². The van der Waals surface area contributed by atoms with E-state index in [1.165, 1.54) is 18.4 Å². The lowest BCUT2D eigenvalue weighted by molar-refractivity contribution is -0.134. The zero-order valence-electron chi connectivity index (χ0n) is 19.1. The molecule has 0 spiro atoms. The second kappa shape index (κ2) is 8.12. The quantitative estimate of drug-likeness (QED) is 0.567. The number of hydrogen-bond acceptors (Lipinski definition) is 4. The number of nitrogens with one attached hydrogen (secondary N) is 1. The van der Waals surface area contributed by atoms with Crippen LogP contribution in [0.15, 0.2) is 36.4 Å². The molecular weight excluding hydrogens is 471 g/mol. The van der Waals surface area contributed by atoms with Crippen LogP contribution in [0.3, 0.4) is 0 Å². The van der Waals surface area contributed by atoms with Gasteiger partial charge in [-0.2, -0.15) is 0 Å². The molecule has 0 aromatic heterocycles. The smallest absolute Gasteiger partial charge is 0.223 e. The Labute approximate surface area is 210 Å². The molecule has 180 valence electrons. The molecule has 0 radical (unpaired) electrons. The van der Waals surface area contributed by atoms with Gasteiger partial charge in [-0.05, 0) is 98.0 Å². The van der Waals surface area contributed by atoms with E-state index in [4.69, 9.17) is 23.2 Å². The fourth-order valence-corrected chi connectivity index (χ4v) is 7.40. The molecule has 1 amide bonds. The molecule has 3 aliphatic carbocycles. The molecule has 0 unspecified atom stereocenters. The van der Waals surface area contributed by atoms with Crippen molar-refractivity contribution >= 4 is 29.1 Å². The number of carbonyl (C=O) groups excluding carboxylic acids is 1. The summed E-state index contributed by atoms with van der Waals surface area (Å²) in [4.78, 5) is 15.9. The number of amides is 1.